The molecular weight excluding hydrogens is 256 g/mol. The fourth-order valence-corrected chi connectivity index (χ4v) is 4.58. The molecule has 0 saturated heterocycles. The highest BCUT2D eigenvalue weighted by atomic mass is 15.2. The molecule has 1 aromatic carbocycles. The van der Waals surface area contributed by atoms with Crippen LogP contribution in [0.15, 0.2) is 30.3 Å². The molecule has 0 unspecified atom stereocenters. The van der Waals surface area contributed by atoms with Gasteiger partial charge in [-0.1, -0.05) is 43.2 Å². The predicted molar refractivity (Wildman–Crippen MR) is 89.1 cm³/mol. The molecule has 2 nitrogen and oxygen atoms in total. The van der Waals surface area contributed by atoms with Crippen LogP contribution in [0.2, 0.25) is 0 Å². The summed E-state index contributed by atoms with van der Waals surface area (Å²) in [5.74, 6) is 0. The molecule has 116 valence electrons. The molecule has 2 saturated carbocycles. The third-order valence-corrected chi connectivity index (χ3v) is 5.84. The Morgan fingerprint density at radius 2 is 1.67 bits per heavy atom. The van der Waals surface area contributed by atoms with Crippen LogP contribution in [-0.4, -0.2) is 24.0 Å². The average Bonchev–Trinajstić information content (AvgIpc) is 2.97. The smallest absolute Gasteiger partial charge is 0.0237 e. The molecular formula is C19H30N2. The Morgan fingerprint density at radius 3 is 2.29 bits per heavy atom. The number of hydrogen-bond donors (Lipinski definition) is 1. The fourth-order valence-electron chi connectivity index (χ4n) is 4.58. The highest BCUT2D eigenvalue weighted by molar-refractivity contribution is 5.14. The van der Waals surface area contributed by atoms with Crippen molar-refractivity contribution in [3.05, 3.63) is 35.9 Å². The third-order valence-electron chi connectivity index (χ3n) is 5.84. The van der Waals surface area contributed by atoms with Gasteiger partial charge in [0.05, 0.1) is 0 Å². The molecule has 3 rings (SSSR count). The van der Waals surface area contributed by atoms with Gasteiger partial charge >= 0.3 is 0 Å². The lowest BCUT2D eigenvalue weighted by atomic mass is 9.71. The first-order valence-corrected chi connectivity index (χ1v) is 8.79. The molecule has 1 spiro atoms. The molecule has 0 atom stereocenters. The molecule has 0 heterocycles. The quantitative estimate of drug-likeness (QED) is 0.888. The van der Waals surface area contributed by atoms with Crippen molar-refractivity contribution >= 4 is 0 Å². The second-order valence-electron chi connectivity index (χ2n) is 7.18. The van der Waals surface area contributed by atoms with Crippen LogP contribution in [-0.2, 0) is 6.54 Å². The standard InChI is InChI=1S/C19H30N2/c20-14-15-21(16-17-6-2-1-3-7-17)18-8-12-19(13-9-18)10-4-5-11-19/h1-3,6-7,18H,4-5,8-16,20H2. The minimum atomic E-state index is 0.734. The zero-order valence-corrected chi connectivity index (χ0v) is 13.3. The number of nitrogens with two attached hydrogens (primary N) is 1. The number of hydrogen-bond acceptors (Lipinski definition) is 2. The maximum atomic E-state index is 5.86. The number of rotatable bonds is 5. The summed E-state index contributed by atoms with van der Waals surface area (Å²) in [5, 5.41) is 0. The Kier molecular flexibility index (Phi) is 4.97. The lowest BCUT2D eigenvalue weighted by Gasteiger charge is -2.42. The normalized spacial score (nSPS) is 22.2. The van der Waals surface area contributed by atoms with Crippen LogP contribution in [0.25, 0.3) is 0 Å². The second kappa shape index (κ2) is 6.93. The van der Waals surface area contributed by atoms with E-state index in [1.807, 2.05) is 0 Å². The zero-order chi connectivity index (χ0) is 14.5. The van der Waals surface area contributed by atoms with Gasteiger partial charge in [-0.3, -0.25) is 4.90 Å². The topological polar surface area (TPSA) is 29.3 Å². The van der Waals surface area contributed by atoms with Gasteiger partial charge in [0, 0.05) is 25.7 Å². The molecule has 2 N–H and O–H groups in total. The van der Waals surface area contributed by atoms with Crippen LogP contribution >= 0.6 is 0 Å². The maximum Gasteiger partial charge on any atom is 0.0237 e. The van der Waals surface area contributed by atoms with E-state index >= 15 is 0 Å². The Labute approximate surface area is 129 Å². The molecule has 2 heteroatoms. The SMILES string of the molecule is NCCN(Cc1ccccc1)C1CCC2(CCCC2)CC1. The second-order valence-corrected chi connectivity index (χ2v) is 7.18. The summed E-state index contributed by atoms with van der Waals surface area (Å²) in [7, 11) is 0. The van der Waals surface area contributed by atoms with E-state index in [4.69, 9.17) is 5.73 Å². The maximum absolute atomic E-state index is 5.86. The van der Waals surface area contributed by atoms with Gasteiger partial charge in [0.15, 0.2) is 0 Å². The van der Waals surface area contributed by atoms with Crippen LogP contribution in [0.5, 0.6) is 0 Å². The molecule has 0 bridgehead atoms. The van der Waals surface area contributed by atoms with E-state index in [-0.39, 0.29) is 0 Å². The summed E-state index contributed by atoms with van der Waals surface area (Å²) in [4.78, 5) is 2.64. The Bertz CT molecular complexity index is 412. The van der Waals surface area contributed by atoms with Crippen LogP contribution in [0.3, 0.4) is 0 Å². The van der Waals surface area contributed by atoms with Gasteiger partial charge < -0.3 is 5.73 Å². The van der Waals surface area contributed by atoms with Crippen molar-refractivity contribution in [2.45, 2.75) is 64.0 Å². The van der Waals surface area contributed by atoms with Gasteiger partial charge in [0.1, 0.15) is 0 Å². The summed E-state index contributed by atoms with van der Waals surface area (Å²) in [5.41, 5.74) is 8.02. The molecule has 21 heavy (non-hydrogen) atoms. The van der Waals surface area contributed by atoms with Gasteiger partial charge in [0.25, 0.3) is 0 Å². The first-order valence-electron chi connectivity index (χ1n) is 8.79. The minimum Gasteiger partial charge on any atom is -0.329 e. The Hall–Kier alpha value is -0.860. The lowest BCUT2D eigenvalue weighted by molar-refractivity contribution is 0.0880. The summed E-state index contributed by atoms with van der Waals surface area (Å²) in [6.45, 7) is 2.87. The van der Waals surface area contributed by atoms with E-state index in [9.17, 15) is 0 Å². The largest absolute Gasteiger partial charge is 0.329 e. The van der Waals surface area contributed by atoms with Gasteiger partial charge in [0.2, 0.25) is 0 Å². The van der Waals surface area contributed by atoms with Crippen molar-refractivity contribution in [3.8, 4) is 0 Å². The van der Waals surface area contributed by atoms with Crippen molar-refractivity contribution in [1.82, 2.24) is 4.90 Å². The monoisotopic (exact) mass is 286 g/mol. The first kappa shape index (κ1) is 15.1. The molecule has 0 aromatic heterocycles. The van der Waals surface area contributed by atoms with Crippen LogP contribution < -0.4 is 5.73 Å². The van der Waals surface area contributed by atoms with E-state index in [1.165, 1.54) is 56.9 Å². The highest BCUT2D eigenvalue weighted by Crippen LogP contribution is 2.49. The third kappa shape index (κ3) is 3.67. The van der Waals surface area contributed by atoms with Gasteiger partial charge in [-0.15, -0.1) is 0 Å². The van der Waals surface area contributed by atoms with E-state index < -0.39 is 0 Å². The van der Waals surface area contributed by atoms with E-state index in [0.717, 1.165) is 31.1 Å². The molecule has 0 aliphatic heterocycles. The van der Waals surface area contributed by atoms with E-state index in [0.29, 0.717) is 0 Å². The summed E-state index contributed by atoms with van der Waals surface area (Å²) >= 11 is 0. The van der Waals surface area contributed by atoms with Crippen molar-refractivity contribution in [2.75, 3.05) is 13.1 Å². The molecule has 2 fully saturated rings. The Balaban J connectivity index is 1.59. The number of benzene rings is 1. The van der Waals surface area contributed by atoms with E-state index in [2.05, 4.69) is 35.2 Å². The van der Waals surface area contributed by atoms with Crippen molar-refractivity contribution in [2.24, 2.45) is 11.1 Å². The average molecular weight is 286 g/mol. The highest BCUT2D eigenvalue weighted by Gasteiger charge is 2.38. The van der Waals surface area contributed by atoms with Gasteiger partial charge in [-0.05, 0) is 49.5 Å². The minimum absolute atomic E-state index is 0.734. The molecule has 2 aliphatic carbocycles. The van der Waals surface area contributed by atoms with Crippen molar-refractivity contribution in [1.29, 1.82) is 0 Å². The van der Waals surface area contributed by atoms with Crippen molar-refractivity contribution in [3.63, 3.8) is 0 Å². The lowest BCUT2D eigenvalue weighted by Crippen LogP contribution is -2.42. The van der Waals surface area contributed by atoms with Crippen LogP contribution in [0, 0.1) is 5.41 Å². The summed E-state index contributed by atoms with van der Waals surface area (Å²) in [6.07, 6.45) is 11.6. The van der Waals surface area contributed by atoms with E-state index in [1.54, 1.807) is 0 Å². The number of nitrogens with zero attached hydrogens (tertiary/aromatic N) is 1. The predicted octanol–water partition coefficient (Wildman–Crippen LogP) is 3.95. The first-order chi connectivity index (χ1) is 10.3. The summed E-state index contributed by atoms with van der Waals surface area (Å²) in [6, 6.07) is 11.6. The van der Waals surface area contributed by atoms with Gasteiger partial charge in [-0.2, -0.15) is 0 Å². The Morgan fingerprint density at radius 1 is 1.00 bits per heavy atom. The molecule has 0 amide bonds. The zero-order valence-electron chi connectivity index (χ0n) is 13.3. The molecule has 1 aromatic rings. The van der Waals surface area contributed by atoms with Crippen molar-refractivity contribution < 1.29 is 0 Å². The van der Waals surface area contributed by atoms with Crippen LogP contribution in [0.1, 0.15) is 56.9 Å². The van der Waals surface area contributed by atoms with Crippen LogP contribution in [0.4, 0.5) is 0 Å². The fraction of sp³-hybridized carbons (Fsp3) is 0.684. The summed E-state index contributed by atoms with van der Waals surface area (Å²) < 4.78 is 0. The molecule has 2 aliphatic rings. The van der Waals surface area contributed by atoms with Gasteiger partial charge in [-0.25, -0.2) is 0 Å². The molecule has 0 radical (unpaired) electrons.